The molecular formula is C17H29N5OS. The van der Waals surface area contributed by atoms with Gasteiger partial charge in [-0.05, 0) is 44.9 Å². The molecule has 1 unspecified atom stereocenters. The molecule has 1 amide bonds. The Morgan fingerprint density at radius 2 is 2.00 bits per heavy atom. The molecule has 7 heteroatoms. The highest BCUT2D eigenvalue weighted by molar-refractivity contribution is 8.00. The fourth-order valence-electron chi connectivity index (χ4n) is 3.03. The van der Waals surface area contributed by atoms with Crippen LogP contribution in [0.3, 0.4) is 0 Å². The summed E-state index contributed by atoms with van der Waals surface area (Å²) >= 11 is 1.53. The van der Waals surface area contributed by atoms with E-state index in [2.05, 4.69) is 38.8 Å². The molecule has 0 spiro atoms. The number of hydrogen-bond acceptors (Lipinski definition) is 5. The fraction of sp³-hybridized carbons (Fsp3) is 0.824. The Morgan fingerprint density at radius 3 is 2.62 bits per heavy atom. The third kappa shape index (κ3) is 4.05. The summed E-state index contributed by atoms with van der Waals surface area (Å²) in [6.07, 6.45) is 5.78. The Bertz CT molecular complexity index is 563. The van der Waals surface area contributed by atoms with Crippen molar-refractivity contribution in [3.8, 4) is 0 Å². The molecule has 0 bridgehead atoms. The smallest absolute Gasteiger partial charge is 0.233 e. The molecule has 6 nitrogen and oxygen atoms in total. The van der Waals surface area contributed by atoms with Gasteiger partial charge >= 0.3 is 0 Å². The summed E-state index contributed by atoms with van der Waals surface area (Å²) in [4.78, 5) is 14.5. The second kappa shape index (κ2) is 7.76. The molecule has 134 valence electrons. The van der Waals surface area contributed by atoms with Crippen molar-refractivity contribution in [3.63, 3.8) is 0 Å². The van der Waals surface area contributed by atoms with Gasteiger partial charge in [0.05, 0.1) is 5.25 Å². The van der Waals surface area contributed by atoms with E-state index >= 15 is 0 Å². The van der Waals surface area contributed by atoms with Crippen LogP contribution in [0.2, 0.25) is 0 Å². The number of nitrogens with zero attached hydrogens (tertiary/aromatic N) is 4. The van der Waals surface area contributed by atoms with Gasteiger partial charge in [0.2, 0.25) is 11.9 Å². The maximum absolute atomic E-state index is 12.1. The van der Waals surface area contributed by atoms with Gasteiger partial charge in [-0.3, -0.25) is 9.36 Å². The van der Waals surface area contributed by atoms with Gasteiger partial charge in [-0.15, -0.1) is 10.2 Å². The van der Waals surface area contributed by atoms with Gasteiger partial charge in [-0.1, -0.05) is 25.6 Å². The van der Waals surface area contributed by atoms with Crippen LogP contribution in [0.4, 0.5) is 5.95 Å². The number of thioether (sulfide) groups is 1. The zero-order valence-corrected chi connectivity index (χ0v) is 15.8. The molecule has 1 aromatic rings. The summed E-state index contributed by atoms with van der Waals surface area (Å²) in [6.45, 7) is 9.18. The Hall–Kier alpha value is -1.24. The SMILES string of the molecule is CCCNC(=O)C(C)Sc1nnc(N2CCC(C)CC2)n1C1CC1. The van der Waals surface area contributed by atoms with E-state index in [1.54, 1.807) is 0 Å². The summed E-state index contributed by atoms with van der Waals surface area (Å²) in [6, 6.07) is 0.516. The molecule has 24 heavy (non-hydrogen) atoms. The van der Waals surface area contributed by atoms with Crippen molar-refractivity contribution in [3.05, 3.63) is 0 Å². The number of carbonyl (C=O) groups is 1. The molecular weight excluding hydrogens is 322 g/mol. The van der Waals surface area contributed by atoms with Gasteiger partial charge < -0.3 is 10.2 Å². The predicted octanol–water partition coefficient (Wildman–Crippen LogP) is 2.86. The number of carbonyl (C=O) groups excluding carboxylic acids is 1. The number of amides is 1. The standard InChI is InChI=1S/C17H29N5OS/c1-4-9-18-15(23)13(3)24-17-20-19-16(22(17)14-5-6-14)21-10-7-12(2)8-11-21/h12-14H,4-11H2,1-3H3,(H,18,23). The molecule has 2 fully saturated rings. The second-order valence-corrected chi connectivity index (χ2v) is 8.41. The zero-order valence-electron chi connectivity index (χ0n) is 15.0. The third-order valence-corrected chi connectivity index (χ3v) is 5.88. The number of hydrogen-bond donors (Lipinski definition) is 1. The summed E-state index contributed by atoms with van der Waals surface area (Å²) in [5.74, 6) is 1.89. The minimum absolute atomic E-state index is 0.0838. The molecule has 2 aliphatic rings. The first kappa shape index (κ1) is 17.6. The molecule has 1 saturated carbocycles. The highest BCUT2D eigenvalue weighted by Gasteiger charge is 2.33. The van der Waals surface area contributed by atoms with E-state index in [0.29, 0.717) is 6.04 Å². The van der Waals surface area contributed by atoms with Crippen molar-refractivity contribution in [1.82, 2.24) is 20.1 Å². The lowest BCUT2D eigenvalue weighted by Crippen LogP contribution is -2.35. The Morgan fingerprint density at radius 1 is 1.29 bits per heavy atom. The first-order valence-corrected chi connectivity index (χ1v) is 10.1. The van der Waals surface area contributed by atoms with Crippen LogP contribution < -0.4 is 10.2 Å². The van der Waals surface area contributed by atoms with E-state index < -0.39 is 0 Å². The highest BCUT2D eigenvalue weighted by Crippen LogP contribution is 2.42. The van der Waals surface area contributed by atoms with E-state index in [1.807, 2.05) is 6.92 Å². The van der Waals surface area contributed by atoms with Crippen molar-refractivity contribution in [2.75, 3.05) is 24.5 Å². The highest BCUT2D eigenvalue weighted by atomic mass is 32.2. The van der Waals surface area contributed by atoms with Crippen molar-refractivity contribution in [1.29, 1.82) is 0 Å². The van der Waals surface area contributed by atoms with E-state index in [-0.39, 0.29) is 11.2 Å². The number of rotatable bonds is 7. The van der Waals surface area contributed by atoms with Crippen LogP contribution in [0, 0.1) is 5.92 Å². The average molecular weight is 352 g/mol. The predicted molar refractivity (Wildman–Crippen MR) is 97.5 cm³/mol. The summed E-state index contributed by atoms with van der Waals surface area (Å²) in [5.41, 5.74) is 0. The normalized spacial score (nSPS) is 20.2. The quantitative estimate of drug-likeness (QED) is 0.765. The van der Waals surface area contributed by atoms with Gasteiger partial charge in [-0.2, -0.15) is 0 Å². The number of nitrogens with one attached hydrogen (secondary N) is 1. The van der Waals surface area contributed by atoms with E-state index in [9.17, 15) is 4.79 Å². The fourth-order valence-corrected chi connectivity index (χ4v) is 3.97. The lowest BCUT2D eigenvalue weighted by Gasteiger charge is -2.31. The van der Waals surface area contributed by atoms with Gasteiger partial charge in [0, 0.05) is 25.7 Å². The third-order valence-electron chi connectivity index (χ3n) is 4.83. The van der Waals surface area contributed by atoms with Crippen LogP contribution in [0.1, 0.15) is 58.9 Å². The van der Waals surface area contributed by atoms with Crippen LogP contribution in [-0.2, 0) is 4.79 Å². The molecule has 1 aromatic heterocycles. The van der Waals surface area contributed by atoms with Gasteiger partial charge in [0.25, 0.3) is 0 Å². The van der Waals surface area contributed by atoms with Gasteiger partial charge in [-0.25, -0.2) is 0 Å². The van der Waals surface area contributed by atoms with Crippen LogP contribution in [0.15, 0.2) is 5.16 Å². The maximum atomic E-state index is 12.1. The number of aromatic nitrogens is 3. The zero-order chi connectivity index (χ0) is 17.1. The van der Waals surface area contributed by atoms with Crippen molar-refractivity contribution < 1.29 is 4.79 Å². The van der Waals surface area contributed by atoms with E-state index in [0.717, 1.165) is 43.1 Å². The molecule has 1 atom stereocenters. The summed E-state index contributed by atoms with van der Waals surface area (Å²) < 4.78 is 2.28. The van der Waals surface area contributed by atoms with Crippen molar-refractivity contribution in [2.45, 2.75) is 69.3 Å². The number of piperidine rings is 1. The van der Waals surface area contributed by atoms with Crippen LogP contribution in [-0.4, -0.2) is 45.6 Å². The minimum atomic E-state index is -0.146. The molecule has 1 N–H and O–H groups in total. The Kier molecular flexibility index (Phi) is 5.69. The molecule has 2 heterocycles. The first-order chi connectivity index (χ1) is 11.6. The molecule has 1 aliphatic carbocycles. The van der Waals surface area contributed by atoms with Crippen LogP contribution >= 0.6 is 11.8 Å². The molecule has 3 rings (SSSR count). The first-order valence-electron chi connectivity index (χ1n) is 9.24. The van der Waals surface area contributed by atoms with Gasteiger partial charge in [0.15, 0.2) is 5.16 Å². The lowest BCUT2D eigenvalue weighted by atomic mass is 10.00. The van der Waals surface area contributed by atoms with Gasteiger partial charge in [0.1, 0.15) is 0 Å². The molecule has 1 saturated heterocycles. The Balaban J connectivity index is 1.71. The topological polar surface area (TPSA) is 63.1 Å². The summed E-state index contributed by atoms with van der Waals surface area (Å²) in [5, 5.41) is 12.6. The van der Waals surface area contributed by atoms with Crippen LogP contribution in [0.5, 0.6) is 0 Å². The average Bonchev–Trinajstić information content (AvgIpc) is 3.34. The minimum Gasteiger partial charge on any atom is -0.355 e. The van der Waals surface area contributed by atoms with Crippen molar-refractivity contribution >= 4 is 23.6 Å². The lowest BCUT2D eigenvalue weighted by molar-refractivity contribution is -0.120. The number of anilines is 1. The summed E-state index contributed by atoms with van der Waals surface area (Å²) in [7, 11) is 0. The molecule has 1 aliphatic heterocycles. The molecule has 0 aromatic carbocycles. The largest absolute Gasteiger partial charge is 0.355 e. The van der Waals surface area contributed by atoms with Crippen molar-refractivity contribution in [2.24, 2.45) is 5.92 Å². The van der Waals surface area contributed by atoms with E-state index in [1.165, 1.54) is 37.4 Å². The maximum Gasteiger partial charge on any atom is 0.233 e. The van der Waals surface area contributed by atoms with E-state index in [4.69, 9.17) is 0 Å². The molecule has 0 radical (unpaired) electrons. The Labute approximate surface area is 148 Å². The second-order valence-electron chi connectivity index (χ2n) is 7.10. The monoisotopic (exact) mass is 351 g/mol. The van der Waals surface area contributed by atoms with Crippen LogP contribution in [0.25, 0.3) is 0 Å².